The van der Waals surface area contributed by atoms with Crippen molar-refractivity contribution in [3.8, 4) is 11.8 Å². The maximum absolute atomic E-state index is 13.6. The molecule has 1 aromatic carbocycles. The maximum atomic E-state index is 13.6. The first-order valence-electron chi connectivity index (χ1n) is 13.1. The Morgan fingerprint density at radius 3 is 2.72 bits per heavy atom. The van der Waals surface area contributed by atoms with Crippen molar-refractivity contribution in [1.29, 1.82) is 0 Å². The largest absolute Gasteiger partial charge is 0.495 e. The van der Waals surface area contributed by atoms with Crippen LogP contribution in [-0.2, 0) is 14.3 Å². The number of dihydropyridines is 1. The number of allylic oxidation sites excluding steroid dienone is 1. The molecular weight excluding hydrogens is 602 g/mol. The topological polar surface area (TPSA) is 119 Å². The van der Waals surface area contributed by atoms with Gasteiger partial charge in [0.2, 0.25) is 5.13 Å². The van der Waals surface area contributed by atoms with Gasteiger partial charge in [0.05, 0.1) is 25.8 Å². The number of aromatic nitrogens is 3. The summed E-state index contributed by atoms with van der Waals surface area (Å²) in [4.78, 5) is 31.6. The molecule has 1 atom stereocenters. The van der Waals surface area contributed by atoms with Crippen LogP contribution in [0.4, 0.5) is 19.7 Å². The van der Waals surface area contributed by atoms with Crippen LogP contribution >= 0.6 is 22.9 Å². The standard InChI is InChI=1S/C27H21ClF2N6O4S.C2H6/c1-39-21-13-31-20(25(29)30)10-18(21)17-11-22(36-8-9-40-14-24(36)37)32-12-19(17)26(38)33-27-35-34-23(41-27)7-4-15-2-5-16(28)6-3-15;1-2/h2-3,5-6,10-13,20,25,31H,8-9,14H2,1H3,(H,33,35,38);1-2H3. The minimum atomic E-state index is -2.73. The van der Waals surface area contributed by atoms with E-state index in [0.717, 1.165) is 16.9 Å². The molecule has 4 heterocycles. The monoisotopic (exact) mass is 628 g/mol. The van der Waals surface area contributed by atoms with Crippen molar-refractivity contribution in [3.05, 3.63) is 81.3 Å². The molecule has 0 bridgehead atoms. The van der Waals surface area contributed by atoms with E-state index in [-0.39, 0.29) is 52.5 Å². The van der Waals surface area contributed by atoms with E-state index in [0.29, 0.717) is 16.6 Å². The zero-order valence-electron chi connectivity index (χ0n) is 23.4. The van der Waals surface area contributed by atoms with E-state index < -0.39 is 18.4 Å². The molecule has 14 heteroatoms. The Bertz CT molecular complexity index is 1600. The molecule has 43 heavy (non-hydrogen) atoms. The van der Waals surface area contributed by atoms with Crippen LogP contribution in [-0.4, -0.2) is 66.3 Å². The molecule has 1 unspecified atom stereocenters. The molecule has 0 spiro atoms. The van der Waals surface area contributed by atoms with Gasteiger partial charge < -0.3 is 14.8 Å². The van der Waals surface area contributed by atoms with Gasteiger partial charge in [-0.15, -0.1) is 10.2 Å². The molecule has 0 radical (unpaired) electrons. The highest BCUT2D eigenvalue weighted by Crippen LogP contribution is 2.33. The van der Waals surface area contributed by atoms with Gasteiger partial charge >= 0.3 is 0 Å². The summed E-state index contributed by atoms with van der Waals surface area (Å²) in [5, 5.41) is 14.3. The summed E-state index contributed by atoms with van der Waals surface area (Å²) in [7, 11) is 1.38. The van der Waals surface area contributed by atoms with Crippen LogP contribution in [0.3, 0.4) is 0 Å². The fourth-order valence-corrected chi connectivity index (χ4v) is 4.72. The number of alkyl halides is 2. The third-order valence-electron chi connectivity index (χ3n) is 6.00. The molecule has 2 amide bonds. The van der Waals surface area contributed by atoms with Crippen LogP contribution in [0.2, 0.25) is 5.02 Å². The summed E-state index contributed by atoms with van der Waals surface area (Å²) in [6.07, 6.45) is 1.13. The molecular formula is C29H27ClF2N6O4S. The van der Waals surface area contributed by atoms with Crippen molar-refractivity contribution in [2.75, 3.05) is 37.1 Å². The lowest BCUT2D eigenvalue weighted by Crippen LogP contribution is -2.42. The zero-order valence-corrected chi connectivity index (χ0v) is 24.9. The third kappa shape index (κ3) is 7.72. The van der Waals surface area contributed by atoms with Gasteiger partial charge in [0, 0.05) is 34.1 Å². The molecule has 0 aliphatic carbocycles. The molecule has 2 aliphatic heterocycles. The van der Waals surface area contributed by atoms with Gasteiger partial charge in [-0.3, -0.25) is 19.8 Å². The fraction of sp³-hybridized carbons (Fsp3) is 0.276. The number of ether oxygens (including phenoxy) is 2. The number of anilines is 2. The number of carbonyl (C=O) groups is 2. The number of nitrogens with one attached hydrogen (secondary N) is 2. The van der Waals surface area contributed by atoms with E-state index in [1.807, 2.05) is 13.8 Å². The number of halogens is 3. The molecule has 2 aliphatic rings. The Labute approximate surface area is 255 Å². The Kier molecular flexibility index (Phi) is 10.8. The van der Waals surface area contributed by atoms with E-state index in [2.05, 4.69) is 37.7 Å². The van der Waals surface area contributed by atoms with E-state index in [4.69, 9.17) is 21.1 Å². The Balaban J connectivity index is 0.00000207. The summed E-state index contributed by atoms with van der Waals surface area (Å²) in [5.74, 6) is 5.35. The Morgan fingerprint density at radius 1 is 1.26 bits per heavy atom. The number of pyridine rings is 1. The molecule has 224 valence electrons. The van der Waals surface area contributed by atoms with Crippen LogP contribution in [0.5, 0.6) is 0 Å². The smallest absolute Gasteiger partial charge is 0.261 e. The molecule has 0 saturated carbocycles. The summed E-state index contributed by atoms with van der Waals surface area (Å²) in [6.45, 7) is 4.42. The van der Waals surface area contributed by atoms with Gasteiger partial charge in [-0.25, -0.2) is 13.8 Å². The number of carbonyl (C=O) groups excluding carboxylic acids is 2. The van der Waals surface area contributed by atoms with Gasteiger partial charge in [0.25, 0.3) is 18.2 Å². The normalized spacial score (nSPS) is 16.1. The van der Waals surface area contributed by atoms with E-state index in [1.54, 1.807) is 24.3 Å². The van der Waals surface area contributed by atoms with Crippen molar-refractivity contribution < 1.29 is 27.8 Å². The van der Waals surface area contributed by atoms with Crippen molar-refractivity contribution >= 4 is 51.3 Å². The van der Waals surface area contributed by atoms with Crippen molar-refractivity contribution in [2.45, 2.75) is 26.3 Å². The number of amides is 2. The zero-order chi connectivity index (χ0) is 30.9. The highest BCUT2D eigenvalue weighted by Gasteiger charge is 2.29. The summed E-state index contributed by atoms with van der Waals surface area (Å²) < 4.78 is 37.9. The van der Waals surface area contributed by atoms with Gasteiger partial charge in [0.1, 0.15) is 24.2 Å². The molecule has 1 fully saturated rings. The van der Waals surface area contributed by atoms with Crippen LogP contribution < -0.4 is 15.5 Å². The van der Waals surface area contributed by atoms with Crippen LogP contribution in [0.15, 0.2) is 54.6 Å². The third-order valence-corrected chi connectivity index (χ3v) is 7.01. The first-order chi connectivity index (χ1) is 20.8. The summed E-state index contributed by atoms with van der Waals surface area (Å²) >= 11 is 6.95. The predicted molar refractivity (Wildman–Crippen MR) is 160 cm³/mol. The van der Waals surface area contributed by atoms with Crippen LogP contribution in [0.25, 0.3) is 5.57 Å². The SMILES string of the molecule is CC.COC1=CNC(C(F)F)C=C1c1cc(N2CCOCC2=O)ncc1C(=O)Nc1nnc(C#Cc2ccc(Cl)cc2)s1. The second kappa shape index (κ2) is 14.7. The average molecular weight is 629 g/mol. The summed E-state index contributed by atoms with van der Waals surface area (Å²) in [5.41, 5.74) is 1.24. The minimum Gasteiger partial charge on any atom is -0.495 e. The van der Waals surface area contributed by atoms with Crippen molar-refractivity contribution in [2.24, 2.45) is 0 Å². The quantitative estimate of drug-likeness (QED) is 0.376. The second-order valence-corrected chi connectivity index (χ2v) is 10.0. The average Bonchev–Trinajstić information content (AvgIpc) is 3.48. The Morgan fingerprint density at radius 2 is 2.02 bits per heavy atom. The maximum Gasteiger partial charge on any atom is 0.261 e. The highest BCUT2D eigenvalue weighted by molar-refractivity contribution is 7.15. The molecule has 10 nitrogen and oxygen atoms in total. The van der Waals surface area contributed by atoms with Gasteiger partial charge in [-0.1, -0.05) is 42.7 Å². The molecule has 1 saturated heterocycles. The predicted octanol–water partition coefficient (Wildman–Crippen LogP) is 4.74. The number of hydrogen-bond donors (Lipinski definition) is 2. The number of hydrogen-bond acceptors (Lipinski definition) is 9. The first-order valence-corrected chi connectivity index (χ1v) is 14.3. The minimum absolute atomic E-state index is 0.0440. The molecule has 3 aromatic rings. The lowest BCUT2D eigenvalue weighted by atomic mass is 9.95. The lowest BCUT2D eigenvalue weighted by molar-refractivity contribution is -0.125. The first kappa shape index (κ1) is 31.6. The van der Waals surface area contributed by atoms with Gasteiger partial charge in [0.15, 0.2) is 5.01 Å². The molecule has 2 N–H and O–H groups in total. The highest BCUT2D eigenvalue weighted by atomic mass is 35.5. The van der Waals surface area contributed by atoms with E-state index in [9.17, 15) is 18.4 Å². The van der Waals surface area contributed by atoms with Crippen LogP contribution in [0.1, 0.15) is 40.3 Å². The fourth-order valence-electron chi connectivity index (χ4n) is 4.00. The van der Waals surface area contributed by atoms with E-state index in [1.165, 1.54) is 36.5 Å². The molecule has 2 aromatic heterocycles. The number of methoxy groups -OCH3 is 1. The lowest BCUT2D eigenvalue weighted by Gasteiger charge is -2.28. The second-order valence-electron chi connectivity index (χ2n) is 8.63. The van der Waals surface area contributed by atoms with Crippen LogP contribution in [0, 0.1) is 11.8 Å². The number of nitrogens with zero attached hydrogens (tertiary/aromatic N) is 4. The van der Waals surface area contributed by atoms with E-state index >= 15 is 0 Å². The van der Waals surface area contributed by atoms with Gasteiger partial charge in [-0.05, 0) is 42.3 Å². The van der Waals surface area contributed by atoms with Gasteiger partial charge in [-0.2, -0.15) is 0 Å². The summed E-state index contributed by atoms with van der Waals surface area (Å²) in [6, 6.07) is 7.13. The number of morpholine rings is 1. The van der Waals surface area contributed by atoms with Crippen molar-refractivity contribution in [3.63, 3.8) is 0 Å². The Hall–Kier alpha value is -4.38. The molecule has 5 rings (SSSR count). The number of rotatable bonds is 6. The number of benzene rings is 1. The van der Waals surface area contributed by atoms with Crippen molar-refractivity contribution in [1.82, 2.24) is 20.5 Å².